The Morgan fingerprint density at radius 3 is 2.75 bits per heavy atom. The lowest BCUT2D eigenvalue weighted by Gasteiger charge is -2.32. The van der Waals surface area contributed by atoms with Gasteiger partial charge in [-0.3, -0.25) is 0 Å². The van der Waals surface area contributed by atoms with E-state index < -0.39 is 0 Å². The monoisotopic (exact) mass is 222 g/mol. The van der Waals surface area contributed by atoms with Crippen molar-refractivity contribution in [2.24, 2.45) is 5.92 Å². The van der Waals surface area contributed by atoms with Crippen molar-refractivity contribution in [3.63, 3.8) is 0 Å². The Kier molecular flexibility index (Phi) is 4.20. The second-order valence-corrected chi connectivity index (χ2v) is 5.13. The minimum Gasteiger partial charge on any atom is -0.377 e. The Bertz CT molecular complexity index is 255. The van der Waals surface area contributed by atoms with Crippen LogP contribution in [0.15, 0.2) is 0 Å². The number of rotatable bonds is 3. The average Bonchev–Trinajstić information content (AvgIpc) is 2.83. The van der Waals surface area contributed by atoms with Crippen molar-refractivity contribution >= 4 is 0 Å². The van der Waals surface area contributed by atoms with Crippen molar-refractivity contribution in [3.8, 4) is 6.07 Å². The fraction of sp³-hybridized carbons (Fsp3) is 0.923. The molecule has 2 rings (SSSR count). The highest BCUT2D eigenvalue weighted by atomic mass is 16.5. The maximum atomic E-state index is 9.12. The Hall–Kier alpha value is -0.590. The standard InChI is InChI=1S/C13H22N2O/c1-10(13-7-4-8-16-13)15-12-6-3-2-5-11(12)9-14/h10-13,15H,2-8H2,1H3. The molecule has 0 aromatic rings. The van der Waals surface area contributed by atoms with Crippen LogP contribution >= 0.6 is 0 Å². The van der Waals surface area contributed by atoms with Crippen LogP contribution < -0.4 is 5.32 Å². The minimum absolute atomic E-state index is 0.206. The van der Waals surface area contributed by atoms with Gasteiger partial charge in [0.25, 0.3) is 0 Å². The maximum Gasteiger partial charge on any atom is 0.0726 e. The topological polar surface area (TPSA) is 45.0 Å². The Morgan fingerprint density at radius 2 is 2.06 bits per heavy atom. The van der Waals surface area contributed by atoms with Crippen LogP contribution in [0.2, 0.25) is 0 Å². The molecule has 4 unspecified atom stereocenters. The quantitative estimate of drug-likeness (QED) is 0.796. The Labute approximate surface area is 98.2 Å². The molecule has 90 valence electrons. The molecule has 3 nitrogen and oxygen atoms in total. The molecule has 16 heavy (non-hydrogen) atoms. The molecular weight excluding hydrogens is 200 g/mol. The van der Waals surface area contributed by atoms with Crippen LogP contribution in [-0.2, 0) is 4.74 Å². The van der Waals surface area contributed by atoms with Crippen molar-refractivity contribution in [1.29, 1.82) is 5.26 Å². The highest BCUT2D eigenvalue weighted by Gasteiger charge is 2.29. The van der Waals surface area contributed by atoms with Crippen molar-refractivity contribution in [2.45, 2.75) is 63.6 Å². The van der Waals surface area contributed by atoms with Gasteiger partial charge in [0.2, 0.25) is 0 Å². The number of nitriles is 1. The molecule has 0 aromatic heterocycles. The Balaban J connectivity index is 1.84. The summed E-state index contributed by atoms with van der Waals surface area (Å²) in [4.78, 5) is 0. The summed E-state index contributed by atoms with van der Waals surface area (Å²) in [7, 11) is 0. The highest BCUT2D eigenvalue weighted by molar-refractivity contribution is 4.96. The van der Waals surface area contributed by atoms with Crippen LogP contribution in [0.4, 0.5) is 0 Å². The SMILES string of the molecule is CC(NC1CCCCC1C#N)C1CCCO1. The molecule has 0 radical (unpaired) electrons. The molecule has 0 aromatic carbocycles. The van der Waals surface area contributed by atoms with Crippen LogP contribution in [0.1, 0.15) is 45.4 Å². The van der Waals surface area contributed by atoms with Gasteiger partial charge in [-0.2, -0.15) is 5.26 Å². The van der Waals surface area contributed by atoms with Crippen LogP contribution in [0.25, 0.3) is 0 Å². The Morgan fingerprint density at radius 1 is 1.25 bits per heavy atom. The van der Waals surface area contributed by atoms with Crippen molar-refractivity contribution in [3.05, 3.63) is 0 Å². The molecule has 0 amide bonds. The summed E-state index contributed by atoms with van der Waals surface area (Å²) in [5.41, 5.74) is 0. The van der Waals surface area contributed by atoms with Gasteiger partial charge >= 0.3 is 0 Å². The predicted octanol–water partition coefficient (Wildman–Crippen LogP) is 2.23. The first-order valence-corrected chi connectivity index (χ1v) is 6.58. The van der Waals surface area contributed by atoms with E-state index in [1.807, 2.05) is 0 Å². The first-order chi connectivity index (χ1) is 7.81. The molecule has 0 bridgehead atoms. The van der Waals surface area contributed by atoms with Crippen LogP contribution in [0.3, 0.4) is 0 Å². The molecule has 2 aliphatic rings. The number of nitrogens with one attached hydrogen (secondary N) is 1. The normalized spacial score (nSPS) is 36.9. The largest absolute Gasteiger partial charge is 0.377 e. The van der Waals surface area contributed by atoms with Gasteiger partial charge in [0.1, 0.15) is 0 Å². The van der Waals surface area contributed by atoms with E-state index in [1.54, 1.807) is 0 Å². The van der Waals surface area contributed by atoms with Crippen LogP contribution in [0, 0.1) is 17.2 Å². The second kappa shape index (κ2) is 5.65. The minimum atomic E-state index is 0.206. The molecule has 4 atom stereocenters. The van der Waals surface area contributed by atoms with Crippen molar-refractivity contribution in [1.82, 2.24) is 5.32 Å². The summed E-state index contributed by atoms with van der Waals surface area (Å²) in [6, 6.07) is 3.22. The maximum absolute atomic E-state index is 9.12. The van der Waals surface area contributed by atoms with E-state index in [0.717, 1.165) is 25.9 Å². The number of hydrogen-bond acceptors (Lipinski definition) is 3. The zero-order valence-electron chi connectivity index (χ0n) is 10.1. The molecule has 3 heteroatoms. The molecule has 1 aliphatic carbocycles. The zero-order chi connectivity index (χ0) is 11.4. The van der Waals surface area contributed by atoms with E-state index in [2.05, 4.69) is 18.3 Å². The van der Waals surface area contributed by atoms with E-state index in [-0.39, 0.29) is 5.92 Å². The number of ether oxygens (including phenoxy) is 1. The first kappa shape index (κ1) is 11.9. The fourth-order valence-electron chi connectivity index (χ4n) is 2.93. The van der Waals surface area contributed by atoms with Crippen molar-refractivity contribution in [2.75, 3.05) is 6.61 Å². The number of hydrogen-bond donors (Lipinski definition) is 1. The van der Waals surface area contributed by atoms with E-state index in [9.17, 15) is 0 Å². The second-order valence-electron chi connectivity index (χ2n) is 5.13. The lowest BCUT2D eigenvalue weighted by molar-refractivity contribution is 0.0752. The third-order valence-corrected chi connectivity index (χ3v) is 3.93. The molecule has 1 heterocycles. The van der Waals surface area contributed by atoms with Gasteiger partial charge in [0, 0.05) is 18.7 Å². The molecule has 1 N–H and O–H groups in total. The molecular formula is C13H22N2O. The van der Waals surface area contributed by atoms with E-state index in [4.69, 9.17) is 10.00 Å². The fourth-order valence-corrected chi connectivity index (χ4v) is 2.93. The van der Waals surface area contributed by atoms with Crippen LogP contribution in [0.5, 0.6) is 0 Å². The summed E-state index contributed by atoms with van der Waals surface area (Å²) < 4.78 is 5.68. The van der Waals surface area contributed by atoms with Gasteiger partial charge in [-0.15, -0.1) is 0 Å². The first-order valence-electron chi connectivity index (χ1n) is 6.58. The third kappa shape index (κ3) is 2.75. The molecule has 0 spiro atoms. The lowest BCUT2D eigenvalue weighted by atomic mass is 9.85. The van der Waals surface area contributed by atoms with Gasteiger partial charge in [0.05, 0.1) is 18.1 Å². The molecule has 2 fully saturated rings. The zero-order valence-corrected chi connectivity index (χ0v) is 10.1. The van der Waals surface area contributed by atoms with E-state index in [1.165, 1.54) is 19.3 Å². The smallest absolute Gasteiger partial charge is 0.0726 e. The van der Waals surface area contributed by atoms with Crippen molar-refractivity contribution < 1.29 is 4.74 Å². The summed E-state index contributed by atoms with van der Waals surface area (Å²) in [6.45, 7) is 3.10. The van der Waals surface area contributed by atoms with E-state index >= 15 is 0 Å². The third-order valence-electron chi connectivity index (χ3n) is 3.93. The van der Waals surface area contributed by atoms with E-state index in [0.29, 0.717) is 18.2 Å². The highest BCUT2D eigenvalue weighted by Crippen LogP contribution is 2.25. The summed E-state index contributed by atoms with van der Waals surface area (Å²) in [5, 5.41) is 12.7. The summed E-state index contributed by atoms with van der Waals surface area (Å²) in [6.07, 6.45) is 7.39. The van der Waals surface area contributed by atoms with Gasteiger partial charge in [-0.1, -0.05) is 12.8 Å². The van der Waals surface area contributed by atoms with Gasteiger partial charge in [-0.25, -0.2) is 0 Å². The van der Waals surface area contributed by atoms with Gasteiger partial charge < -0.3 is 10.1 Å². The van der Waals surface area contributed by atoms with Gasteiger partial charge in [0.15, 0.2) is 0 Å². The average molecular weight is 222 g/mol. The van der Waals surface area contributed by atoms with Gasteiger partial charge in [-0.05, 0) is 32.6 Å². The molecule has 1 aliphatic heterocycles. The molecule has 1 saturated carbocycles. The lowest BCUT2D eigenvalue weighted by Crippen LogP contribution is -2.47. The predicted molar refractivity (Wildman–Crippen MR) is 62.9 cm³/mol. The van der Waals surface area contributed by atoms with Crippen LogP contribution in [-0.4, -0.2) is 24.8 Å². The molecule has 1 saturated heterocycles. The number of nitrogens with zero attached hydrogens (tertiary/aromatic N) is 1. The summed E-state index contributed by atoms with van der Waals surface area (Å²) in [5.74, 6) is 0.206. The summed E-state index contributed by atoms with van der Waals surface area (Å²) >= 11 is 0.